The van der Waals surface area contributed by atoms with Crippen molar-refractivity contribution in [2.45, 2.75) is 56.9 Å². The van der Waals surface area contributed by atoms with Gasteiger partial charge < -0.3 is 14.3 Å². The summed E-state index contributed by atoms with van der Waals surface area (Å²) in [7, 11) is 0. The van der Waals surface area contributed by atoms with Crippen molar-refractivity contribution in [1.29, 1.82) is 0 Å². The molecule has 1 saturated heterocycles. The summed E-state index contributed by atoms with van der Waals surface area (Å²) in [5.41, 5.74) is 4.36. The molecule has 1 fully saturated rings. The molecule has 148 valence electrons. The Morgan fingerprint density at radius 3 is 2.68 bits per heavy atom. The molecule has 7 heteroatoms. The van der Waals surface area contributed by atoms with Crippen LogP contribution in [0.3, 0.4) is 0 Å². The van der Waals surface area contributed by atoms with Gasteiger partial charge >= 0.3 is 0 Å². The van der Waals surface area contributed by atoms with Gasteiger partial charge in [-0.1, -0.05) is 0 Å². The van der Waals surface area contributed by atoms with Gasteiger partial charge in [0.15, 0.2) is 0 Å². The lowest BCUT2D eigenvalue weighted by molar-refractivity contribution is -0.133. The predicted molar refractivity (Wildman–Crippen MR) is 111 cm³/mol. The molecular weight excluding hydrogens is 372 g/mol. The molecular formula is C21H26N4O2S. The number of carbonyl (C=O) groups is 1. The zero-order valence-electron chi connectivity index (χ0n) is 16.8. The normalized spacial score (nSPS) is 15.4. The van der Waals surface area contributed by atoms with Crippen molar-refractivity contribution in [3.05, 3.63) is 29.5 Å². The molecule has 0 atom stereocenters. The van der Waals surface area contributed by atoms with Gasteiger partial charge in [-0.15, -0.1) is 10.2 Å². The third kappa shape index (κ3) is 3.55. The summed E-state index contributed by atoms with van der Waals surface area (Å²) in [5.74, 6) is 0.612. The minimum absolute atomic E-state index is 0.136. The van der Waals surface area contributed by atoms with Gasteiger partial charge in [-0.2, -0.15) is 0 Å². The summed E-state index contributed by atoms with van der Waals surface area (Å²) in [6, 6.07) is 6.08. The number of nitrogens with one attached hydrogen (secondary N) is 1. The van der Waals surface area contributed by atoms with Crippen LogP contribution in [-0.4, -0.2) is 43.8 Å². The van der Waals surface area contributed by atoms with Gasteiger partial charge in [0.2, 0.25) is 11.8 Å². The molecule has 0 aliphatic carbocycles. The summed E-state index contributed by atoms with van der Waals surface area (Å²) in [5, 5.41) is 9.97. The molecule has 4 rings (SSSR count). The summed E-state index contributed by atoms with van der Waals surface area (Å²) < 4.78 is 5.26. The van der Waals surface area contributed by atoms with Crippen LogP contribution in [0, 0.1) is 13.8 Å². The molecule has 0 spiro atoms. The van der Waals surface area contributed by atoms with Gasteiger partial charge in [-0.25, -0.2) is 0 Å². The minimum atomic E-state index is -0.639. The van der Waals surface area contributed by atoms with E-state index >= 15 is 0 Å². The maximum atomic E-state index is 12.9. The van der Waals surface area contributed by atoms with Crippen LogP contribution in [0.1, 0.15) is 44.4 Å². The fourth-order valence-corrected chi connectivity index (χ4v) is 4.56. The van der Waals surface area contributed by atoms with E-state index in [4.69, 9.17) is 4.42 Å². The van der Waals surface area contributed by atoms with Gasteiger partial charge in [-0.3, -0.25) is 4.79 Å². The number of aryl methyl sites for hydroxylation is 2. The van der Waals surface area contributed by atoms with Crippen molar-refractivity contribution in [3.8, 4) is 11.5 Å². The Labute approximate surface area is 169 Å². The van der Waals surface area contributed by atoms with Crippen LogP contribution >= 0.6 is 11.8 Å². The molecule has 2 aromatic heterocycles. The van der Waals surface area contributed by atoms with Crippen LogP contribution in [-0.2, 0) is 4.79 Å². The van der Waals surface area contributed by atoms with E-state index < -0.39 is 4.75 Å². The number of H-pyrrole nitrogens is 1. The lowest BCUT2D eigenvalue weighted by Gasteiger charge is -2.33. The largest absolute Gasteiger partial charge is 0.411 e. The Hall–Kier alpha value is -2.28. The number of piperidine rings is 1. The van der Waals surface area contributed by atoms with Crippen LogP contribution < -0.4 is 0 Å². The molecule has 1 aliphatic heterocycles. The molecule has 1 N–H and O–H groups in total. The average molecular weight is 399 g/mol. The topological polar surface area (TPSA) is 75.0 Å². The molecule has 28 heavy (non-hydrogen) atoms. The maximum absolute atomic E-state index is 12.9. The number of thioether (sulfide) groups is 1. The number of hydrogen-bond donors (Lipinski definition) is 1. The highest BCUT2D eigenvalue weighted by atomic mass is 32.2. The van der Waals surface area contributed by atoms with Gasteiger partial charge in [0.25, 0.3) is 5.22 Å². The van der Waals surface area contributed by atoms with Crippen LogP contribution in [0.15, 0.2) is 27.8 Å². The second kappa shape index (κ2) is 7.28. The van der Waals surface area contributed by atoms with Crippen molar-refractivity contribution in [1.82, 2.24) is 20.1 Å². The summed E-state index contributed by atoms with van der Waals surface area (Å²) >= 11 is 1.34. The first-order valence-electron chi connectivity index (χ1n) is 9.76. The third-order valence-electron chi connectivity index (χ3n) is 5.46. The number of likely N-dealkylation sites (tertiary alicyclic amines) is 1. The quantitative estimate of drug-likeness (QED) is 0.644. The van der Waals surface area contributed by atoms with E-state index in [0.29, 0.717) is 11.1 Å². The van der Waals surface area contributed by atoms with Crippen LogP contribution in [0.5, 0.6) is 0 Å². The number of carbonyl (C=O) groups excluding carboxylic acids is 1. The number of rotatable bonds is 4. The van der Waals surface area contributed by atoms with E-state index in [1.54, 1.807) is 0 Å². The first-order valence-corrected chi connectivity index (χ1v) is 10.6. The first kappa shape index (κ1) is 19.1. The fraction of sp³-hybridized carbons (Fsp3) is 0.476. The predicted octanol–water partition coefficient (Wildman–Crippen LogP) is 4.72. The molecule has 0 saturated carbocycles. The smallest absolute Gasteiger partial charge is 0.277 e. The molecule has 1 amide bonds. The van der Waals surface area contributed by atoms with Crippen LogP contribution in [0.2, 0.25) is 0 Å². The van der Waals surface area contributed by atoms with E-state index in [1.807, 2.05) is 30.9 Å². The van der Waals surface area contributed by atoms with Crippen molar-refractivity contribution >= 4 is 28.6 Å². The highest BCUT2D eigenvalue weighted by Gasteiger charge is 2.35. The number of fused-ring (bicyclic) bond motifs is 1. The van der Waals surface area contributed by atoms with Gasteiger partial charge in [0.1, 0.15) is 0 Å². The molecule has 1 aromatic carbocycles. The van der Waals surface area contributed by atoms with Crippen LogP contribution in [0.4, 0.5) is 0 Å². The van der Waals surface area contributed by atoms with Gasteiger partial charge in [-0.05, 0) is 82.5 Å². The highest BCUT2D eigenvalue weighted by molar-refractivity contribution is 8.01. The molecule has 1 aliphatic rings. The first-order chi connectivity index (χ1) is 13.3. The van der Waals surface area contributed by atoms with Crippen molar-refractivity contribution in [2.75, 3.05) is 13.1 Å². The van der Waals surface area contributed by atoms with E-state index in [1.165, 1.54) is 23.7 Å². The number of aromatic amines is 1. The number of amides is 1. The maximum Gasteiger partial charge on any atom is 0.277 e. The number of hydrogen-bond acceptors (Lipinski definition) is 5. The minimum Gasteiger partial charge on any atom is -0.411 e. The lowest BCUT2D eigenvalue weighted by Crippen LogP contribution is -2.45. The van der Waals surface area contributed by atoms with Crippen molar-refractivity contribution in [3.63, 3.8) is 0 Å². The fourth-order valence-electron chi connectivity index (χ4n) is 3.70. The Kier molecular flexibility index (Phi) is 4.95. The Balaban J connectivity index is 1.54. The average Bonchev–Trinajstić information content (AvgIpc) is 3.26. The molecule has 0 radical (unpaired) electrons. The van der Waals surface area contributed by atoms with Crippen molar-refractivity contribution in [2.24, 2.45) is 0 Å². The van der Waals surface area contributed by atoms with E-state index in [-0.39, 0.29) is 5.91 Å². The second-order valence-corrected chi connectivity index (χ2v) is 9.55. The van der Waals surface area contributed by atoms with Gasteiger partial charge in [0, 0.05) is 35.2 Å². The van der Waals surface area contributed by atoms with Crippen molar-refractivity contribution < 1.29 is 9.21 Å². The summed E-state index contributed by atoms with van der Waals surface area (Å²) in [6.07, 6.45) is 3.37. The Morgan fingerprint density at radius 2 is 1.93 bits per heavy atom. The third-order valence-corrected chi connectivity index (χ3v) is 6.49. The summed E-state index contributed by atoms with van der Waals surface area (Å²) in [6.45, 7) is 9.70. The molecule has 3 heterocycles. The Morgan fingerprint density at radius 1 is 1.18 bits per heavy atom. The lowest BCUT2D eigenvalue weighted by atomic mass is 10.1. The molecule has 6 nitrogen and oxygen atoms in total. The number of nitrogens with zero attached hydrogens (tertiary/aromatic N) is 3. The molecule has 0 bridgehead atoms. The Bertz CT molecular complexity index is 1010. The monoisotopic (exact) mass is 398 g/mol. The van der Waals surface area contributed by atoms with E-state index in [9.17, 15) is 4.79 Å². The zero-order chi connectivity index (χ0) is 19.9. The SMILES string of the molecule is Cc1[nH]c2ccc(-c3nnc(SC(C)(C)C(=O)N4CCCCC4)o3)cc2c1C. The standard InChI is InChI=1S/C21H26N4O2S/c1-13-14(2)22-17-9-8-15(12-16(13)17)18-23-24-20(27-18)28-21(3,4)19(26)25-10-6-5-7-11-25/h8-9,12,22H,5-7,10-11H2,1-4H3. The number of benzene rings is 1. The van der Waals surface area contributed by atoms with Gasteiger partial charge in [0.05, 0.1) is 4.75 Å². The van der Waals surface area contributed by atoms with Crippen LogP contribution in [0.25, 0.3) is 22.4 Å². The number of aromatic nitrogens is 3. The van der Waals surface area contributed by atoms with E-state index in [2.05, 4.69) is 35.1 Å². The molecule has 3 aromatic rings. The zero-order valence-corrected chi connectivity index (χ0v) is 17.7. The highest BCUT2D eigenvalue weighted by Crippen LogP contribution is 2.36. The van der Waals surface area contributed by atoms with E-state index in [0.717, 1.165) is 48.1 Å². The second-order valence-electron chi connectivity index (χ2n) is 7.97. The molecule has 0 unspecified atom stereocenters. The summed E-state index contributed by atoms with van der Waals surface area (Å²) in [4.78, 5) is 18.2.